The van der Waals surface area contributed by atoms with Gasteiger partial charge in [0.1, 0.15) is 0 Å². The van der Waals surface area contributed by atoms with Gasteiger partial charge < -0.3 is 4.90 Å². The maximum absolute atomic E-state index is 12.2. The van der Waals surface area contributed by atoms with Gasteiger partial charge in [0.05, 0.1) is 3.58 Å². The van der Waals surface area contributed by atoms with Crippen molar-refractivity contribution in [2.45, 2.75) is 12.8 Å². The fraction of sp³-hybridized carbons (Fsp3) is 0.312. The first-order valence-electron chi connectivity index (χ1n) is 6.37. The van der Waals surface area contributed by atoms with Crippen molar-refractivity contribution in [2.24, 2.45) is 5.92 Å². The highest BCUT2D eigenvalue weighted by Crippen LogP contribution is 2.34. The number of anilines is 1. The van der Waals surface area contributed by atoms with Crippen molar-refractivity contribution in [3.05, 3.63) is 46.1 Å². The van der Waals surface area contributed by atoms with E-state index in [4.69, 9.17) is 0 Å². The zero-order valence-electron chi connectivity index (χ0n) is 11.3. The fourth-order valence-corrected chi connectivity index (χ4v) is 2.97. The number of carbonyl (C=O) groups excluding carboxylic acids is 1. The Hall–Kier alpha value is -1.10. The maximum Gasteiger partial charge on any atom is 0.176 e. The van der Waals surface area contributed by atoms with Crippen molar-refractivity contribution in [1.29, 1.82) is 0 Å². The molecule has 19 heavy (non-hydrogen) atoms. The molecule has 0 radical (unpaired) electrons. The van der Waals surface area contributed by atoms with Crippen molar-refractivity contribution >= 4 is 39.6 Å². The number of carbonyl (C=O) groups is 1. The average Bonchev–Trinajstić information content (AvgIpc) is 2.41. The molecule has 3 heteroatoms. The van der Waals surface area contributed by atoms with Crippen molar-refractivity contribution in [1.82, 2.24) is 0 Å². The summed E-state index contributed by atoms with van der Waals surface area (Å²) in [6, 6.07) is 8.23. The van der Waals surface area contributed by atoms with Gasteiger partial charge in [0.2, 0.25) is 0 Å². The zero-order chi connectivity index (χ0) is 14.0. The molecule has 0 fully saturated rings. The lowest BCUT2D eigenvalue weighted by Gasteiger charge is -2.22. The minimum Gasteiger partial charge on any atom is -0.378 e. The van der Waals surface area contributed by atoms with Gasteiger partial charge in [0, 0.05) is 25.7 Å². The third-order valence-electron chi connectivity index (χ3n) is 3.51. The number of hydrogen-bond acceptors (Lipinski definition) is 2. The lowest BCUT2D eigenvalue weighted by Crippen LogP contribution is -2.19. The van der Waals surface area contributed by atoms with Crippen LogP contribution in [0.5, 0.6) is 0 Å². The number of rotatable bonds is 3. The molecule has 2 nitrogen and oxygen atoms in total. The van der Waals surface area contributed by atoms with E-state index >= 15 is 0 Å². The summed E-state index contributed by atoms with van der Waals surface area (Å²) < 4.78 is 0.847. The van der Waals surface area contributed by atoms with Gasteiger partial charge in [-0.2, -0.15) is 0 Å². The van der Waals surface area contributed by atoms with Gasteiger partial charge in [-0.1, -0.05) is 24.8 Å². The molecule has 1 aromatic rings. The van der Waals surface area contributed by atoms with Crippen LogP contribution >= 0.6 is 22.6 Å². The normalized spacial score (nSPS) is 19.0. The third kappa shape index (κ3) is 3.08. The molecule has 1 aromatic carbocycles. The standard InChI is InChI=1S/C16H18INO/c1-11(14-5-4-6-15(17)16(14)19)12-7-9-13(10-8-12)18(2)3/h6-10,14H,1,4-5H2,2-3H3. The average molecular weight is 367 g/mol. The minimum absolute atomic E-state index is 0.0536. The number of hydrogen-bond donors (Lipinski definition) is 0. The molecule has 0 N–H and O–H groups in total. The highest BCUT2D eigenvalue weighted by Gasteiger charge is 2.26. The van der Waals surface area contributed by atoms with Crippen molar-refractivity contribution in [3.8, 4) is 0 Å². The van der Waals surface area contributed by atoms with Gasteiger partial charge >= 0.3 is 0 Å². The summed E-state index contributed by atoms with van der Waals surface area (Å²) in [7, 11) is 4.03. The first-order valence-corrected chi connectivity index (χ1v) is 7.45. The number of halogens is 1. The van der Waals surface area contributed by atoms with Gasteiger partial charge in [-0.05, 0) is 58.7 Å². The molecule has 2 rings (SSSR count). The van der Waals surface area contributed by atoms with Gasteiger partial charge in [-0.25, -0.2) is 0 Å². The molecule has 0 heterocycles. The van der Waals surface area contributed by atoms with Crippen LogP contribution < -0.4 is 4.90 Å². The topological polar surface area (TPSA) is 20.3 Å². The molecule has 0 bridgehead atoms. The first-order chi connectivity index (χ1) is 9.00. The summed E-state index contributed by atoms with van der Waals surface area (Å²) in [5.41, 5.74) is 3.16. The summed E-state index contributed by atoms with van der Waals surface area (Å²) in [5, 5.41) is 0. The molecule has 1 unspecified atom stereocenters. The van der Waals surface area contributed by atoms with Crippen LogP contribution in [0.2, 0.25) is 0 Å². The zero-order valence-corrected chi connectivity index (χ0v) is 13.5. The Bertz CT molecular complexity index is 528. The highest BCUT2D eigenvalue weighted by atomic mass is 127. The highest BCUT2D eigenvalue weighted by molar-refractivity contribution is 14.1. The van der Waals surface area contributed by atoms with Crippen LogP contribution in [-0.4, -0.2) is 19.9 Å². The van der Waals surface area contributed by atoms with E-state index in [0.29, 0.717) is 0 Å². The van der Waals surface area contributed by atoms with Gasteiger partial charge in [-0.15, -0.1) is 0 Å². The second kappa shape index (κ2) is 5.90. The molecule has 1 aliphatic carbocycles. The predicted molar refractivity (Wildman–Crippen MR) is 89.6 cm³/mol. The molecule has 100 valence electrons. The van der Waals surface area contributed by atoms with Gasteiger partial charge in [0.25, 0.3) is 0 Å². The quantitative estimate of drug-likeness (QED) is 0.751. The van der Waals surface area contributed by atoms with Crippen molar-refractivity contribution < 1.29 is 4.79 Å². The molecule has 0 aromatic heterocycles. The minimum atomic E-state index is -0.0536. The molecule has 0 aliphatic heterocycles. The Labute approximate surface area is 128 Å². The van der Waals surface area contributed by atoms with Gasteiger partial charge in [-0.3, -0.25) is 4.79 Å². The second-order valence-corrected chi connectivity index (χ2v) is 6.17. The first kappa shape index (κ1) is 14.3. The summed E-state index contributed by atoms with van der Waals surface area (Å²) in [6.07, 6.45) is 3.85. The Morgan fingerprint density at radius 1 is 1.32 bits per heavy atom. The third-order valence-corrected chi connectivity index (χ3v) is 4.48. The predicted octanol–water partition coefficient (Wildman–Crippen LogP) is 4.06. The largest absolute Gasteiger partial charge is 0.378 e. The van der Waals surface area contributed by atoms with Crippen LogP contribution in [0, 0.1) is 5.92 Å². The molecule has 0 amide bonds. The van der Waals surface area contributed by atoms with Crippen LogP contribution in [0.1, 0.15) is 18.4 Å². The number of nitrogens with zero attached hydrogens (tertiary/aromatic N) is 1. The maximum atomic E-state index is 12.2. The van der Waals surface area contributed by atoms with Crippen molar-refractivity contribution in [3.63, 3.8) is 0 Å². The van der Waals surface area contributed by atoms with E-state index in [-0.39, 0.29) is 11.7 Å². The lowest BCUT2D eigenvalue weighted by molar-refractivity contribution is -0.117. The van der Waals surface area contributed by atoms with Crippen LogP contribution in [0.3, 0.4) is 0 Å². The van der Waals surface area contributed by atoms with Crippen molar-refractivity contribution in [2.75, 3.05) is 19.0 Å². The Morgan fingerprint density at radius 3 is 2.53 bits per heavy atom. The summed E-state index contributed by atoms with van der Waals surface area (Å²) in [6.45, 7) is 4.14. The van der Waals surface area contributed by atoms with E-state index < -0.39 is 0 Å². The number of ketones is 1. The van der Waals surface area contributed by atoms with Crippen LogP contribution in [0.4, 0.5) is 5.69 Å². The Kier molecular flexibility index (Phi) is 4.45. The van der Waals surface area contributed by atoms with Crippen LogP contribution in [-0.2, 0) is 4.79 Å². The smallest absolute Gasteiger partial charge is 0.176 e. The van der Waals surface area contributed by atoms with E-state index in [0.717, 1.165) is 33.2 Å². The molecular weight excluding hydrogens is 349 g/mol. The molecule has 0 saturated carbocycles. The molecular formula is C16H18INO. The van der Waals surface area contributed by atoms with Crippen LogP contribution in [0.25, 0.3) is 5.57 Å². The van der Waals surface area contributed by atoms with E-state index in [1.165, 1.54) is 0 Å². The van der Waals surface area contributed by atoms with E-state index in [9.17, 15) is 4.79 Å². The van der Waals surface area contributed by atoms with Crippen LogP contribution in [0.15, 0.2) is 40.5 Å². The molecule has 0 saturated heterocycles. The number of allylic oxidation sites excluding steroid dienone is 3. The fourth-order valence-electron chi connectivity index (χ4n) is 2.28. The Balaban J connectivity index is 2.20. The second-order valence-electron chi connectivity index (χ2n) is 5.01. The van der Waals surface area contributed by atoms with E-state index in [1.807, 2.05) is 20.2 Å². The van der Waals surface area contributed by atoms with E-state index in [1.54, 1.807) is 0 Å². The summed E-state index contributed by atoms with van der Waals surface area (Å²) >= 11 is 2.13. The number of Topliss-reactive ketones (excluding diaryl/α,β-unsaturated/α-hetero) is 1. The Morgan fingerprint density at radius 2 is 1.95 bits per heavy atom. The summed E-state index contributed by atoms with van der Waals surface area (Å²) in [4.78, 5) is 14.2. The number of benzene rings is 1. The molecule has 1 aliphatic rings. The summed E-state index contributed by atoms with van der Waals surface area (Å²) in [5.74, 6) is 0.163. The SMILES string of the molecule is C=C(c1ccc(N(C)C)cc1)C1CCC=C(I)C1=O. The monoisotopic (exact) mass is 367 g/mol. The van der Waals surface area contributed by atoms with Gasteiger partial charge in [0.15, 0.2) is 5.78 Å². The lowest BCUT2D eigenvalue weighted by atomic mass is 9.84. The van der Waals surface area contributed by atoms with E-state index in [2.05, 4.69) is 58.3 Å². The molecule has 0 spiro atoms. The molecule has 1 atom stereocenters.